The Hall–Kier alpha value is -2.06. The van der Waals surface area contributed by atoms with E-state index in [0.29, 0.717) is 16.7 Å². The molecule has 0 saturated heterocycles. The monoisotopic (exact) mass is 338 g/mol. The van der Waals surface area contributed by atoms with Crippen LogP contribution in [-0.4, -0.2) is 26.1 Å². The molecule has 0 aliphatic carbocycles. The van der Waals surface area contributed by atoms with Crippen molar-refractivity contribution >= 4 is 41.2 Å². The van der Waals surface area contributed by atoms with E-state index in [0.717, 1.165) is 17.3 Å². The molecule has 22 heavy (non-hydrogen) atoms. The van der Waals surface area contributed by atoms with Crippen LogP contribution in [0.1, 0.15) is 12.5 Å². The third kappa shape index (κ3) is 4.47. The number of nitrogen functional groups attached to an aromatic ring is 2. The van der Waals surface area contributed by atoms with Gasteiger partial charge < -0.3 is 16.8 Å². The van der Waals surface area contributed by atoms with E-state index in [1.54, 1.807) is 13.0 Å². The Morgan fingerprint density at radius 2 is 1.91 bits per heavy atom. The van der Waals surface area contributed by atoms with Gasteiger partial charge in [-0.3, -0.25) is 4.79 Å². The first-order chi connectivity index (χ1) is 10.5. The van der Waals surface area contributed by atoms with E-state index in [1.165, 1.54) is 0 Å². The van der Waals surface area contributed by atoms with E-state index >= 15 is 0 Å². The molecular formula is C13H15ClN6OS. The van der Waals surface area contributed by atoms with Gasteiger partial charge in [0.2, 0.25) is 17.8 Å². The van der Waals surface area contributed by atoms with Crippen molar-refractivity contribution in [2.75, 3.05) is 11.5 Å². The van der Waals surface area contributed by atoms with Gasteiger partial charge in [0.1, 0.15) is 0 Å². The second-order valence-electron chi connectivity index (χ2n) is 4.40. The molecule has 0 spiro atoms. The van der Waals surface area contributed by atoms with Crippen molar-refractivity contribution in [1.82, 2.24) is 20.3 Å². The first kappa shape index (κ1) is 16.3. The van der Waals surface area contributed by atoms with Gasteiger partial charge in [-0.2, -0.15) is 15.0 Å². The van der Waals surface area contributed by atoms with Crippen LogP contribution in [0.15, 0.2) is 29.4 Å². The lowest BCUT2D eigenvalue weighted by atomic mass is 10.2. The molecule has 0 aliphatic heterocycles. The van der Waals surface area contributed by atoms with Crippen molar-refractivity contribution in [2.45, 2.75) is 23.9 Å². The summed E-state index contributed by atoms with van der Waals surface area (Å²) in [6.45, 7) is 2.09. The minimum atomic E-state index is -0.413. The maximum atomic E-state index is 12.1. The number of rotatable bonds is 5. The number of amides is 1. The third-order valence-electron chi connectivity index (χ3n) is 2.71. The zero-order chi connectivity index (χ0) is 16.1. The summed E-state index contributed by atoms with van der Waals surface area (Å²) in [5.41, 5.74) is 11.8. The second-order valence-corrected chi connectivity index (χ2v) is 6.12. The highest BCUT2D eigenvalue weighted by atomic mass is 35.5. The van der Waals surface area contributed by atoms with E-state index in [1.807, 2.05) is 18.2 Å². The number of thioether (sulfide) groups is 1. The third-order valence-corrected chi connectivity index (χ3v) is 4.04. The quantitative estimate of drug-likeness (QED) is 0.706. The SMILES string of the molecule is C[C@@H](Sc1nc(N)nc(N)n1)C(=O)NCc1ccccc1Cl. The predicted octanol–water partition coefficient (Wildman–Crippen LogP) is 1.49. The molecule has 0 fully saturated rings. The van der Waals surface area contributed by atoms with Crippen molar-refractivity contribution in [1.29, 1.82) is 0 Å². The Kier molecular flexibility index (Phi) is 5.40. The van der Waals surface area contributed by atoms with Gasteiger partial charge in [0.25, 0.3) is 0 Å². The molecule has 1 heterocycles. The van der Waals surface area contributed by atoms with Crippen LogP contribution in [0.3, 0.4) is 0 Å². The Morgan fingerprint density at radius 1 is 1.27 bits per heavy atom. The van der Waals surface area contributed by atoms with Crippen LogP contribution in [0, 0.1) is 0 Å². The molecule has 116 valence electrons. The van der Waals surface area contributed by atoms with Gasteiger partial charge in [-0.1, -0.05) is 41.6 Å². The maximum Gasteiger partial charge on any atom is 0.233 e. The van der Waals surface area contributed by atoms with E-state index in [4.69, 9.17) is 23.1 Å². The van der Waals surface area contributed by atoms with Gasteiger partial charge in [-0.25, -0.2) is 0 Å². The van der Waals surface area contributed by atoms with Crippen LogP contribution < -0.4 is 16.8 Å². The highest BCUT2D eigenvalue weighted by molar-refractivity contribution is 8.00. The van der Waals surface area contributed by atoms with Gasteiger partial charge in [0, 0.05) is 11.6 Å². The summed E-state index contributed by atoms with van der Waals surface area (Å²) in [4.78, 5) is 23.6. The van der Waals surface area contributed by atoms with Crippen molar-refractivity contribution < 1.29 is 4.79 Å². The molecule has 7 nitrogen and oxygen atoms in total. The number of aromatic nitrogens is 3. The van der Waals surface area contributed by atoms with Crippen molar-refractivity contribution in [3.8, 4) is 0 Å². The Labute approximate surface area is 136 Å². The summed E-state index contributed by atoms with van der Waals surface area (Å²) in [6, 6.07) is 7.33. The molecule has 1 aromatic heterocycles. The zero-order valence-corrected chi connectivity index (χ0v) is 13.4. The number of hydrogen-bond acceptors (Lipinski definition) is 7. The molecule has 2 rings (SSSR count). The van der Waals surface area contributed by atoms with Gasteiger partial charge in [-0.05, 0) is 18.6 Å². The standard InChI is InChI=1S/C13H15ClN6OS/c1-7(22-13-19-11(15)18-12(16)20-13)10(21)17-6-8-4-2-3-5-9(8)14/h2-5,7H,6H2,1H3,(H,17,21)(H4,15,16,18,19,20)/t7-/m1/s1. The number of halogens is 1. The topological polar surface area (TPSA) is 120 Å². The predicted molar refractivity (Wildman–Crippen MR) is 87.3 cm³/mol. The minimum absolute atomic E-state index is 0.0266. The zero-order valence-electron chi connectivity index (χ0n) is 11.8. The van der Waals surface area contributed by atoms with Crippen LogP contribution >= 0.6 is 23.4 Å². The van der Waals surface area contributed by atoms with Gasteiger partial charge >= 0.3 is 0 Å². The lowest BCUT2D eigenvalue weighted by Gasteiger charge is -2.12. The maximum absolute atomic E-state index is 12.1. The summed E-state index contributed by atoms with van der Waals surface area (Å²) >= 11 is 7.19. The molecule has 2 aromatic rings. The van der Waals surface area contributed by atoms with E-state index < -0.39 is 5.25 Å². The van der Waals surface area contributed by atoms with Crippen molar-refractivity contribution in [3.63, 3.8) is 0 Å². The smallest absolute Gasteiger partial charge is 0.233 e. The molecule has 0 aliphatic rings. The normalized spacial score (nSPS) is 11.9. The molecule has 0 unspecified atom stereocenters. The minimum Gasteiger partial charge on any atom is -0.368 e. The number of nitrogens with two attached hydrogens (primary N) is 2. The average Bonchev–Trinajstić information content (AvgIpc) is 2.45. The van der Waals surface area contributed by atoms with E-state index in [-0.39, 0.29) is 17.8 Å². The fourth-order valence-electron chi connectivity index (χ4n) is 1.62. The van der Waals surface area contributed by atoms with Crippen LogP contribution in [0.2, 0.25) is 5.02 Å². The summed E-state index contributed by atoms with van der Waals surface area (Å²) in [7, 11) is 0. The fourth-order valence-corrected chi connectivity index (χ4v) is 2.62. The fraction of sp³-hybridized carbons (Fsp3) is 0.231. The molecule has 0 radical (unpaired) electrons. The summed E-state index contributed by atoms with van der Waals surface area (Å²) in [5, 5.41) is 3.32. The number of anilines is 2. The summed E-state index contributed by atoms with van der Waals surface area (Å²) < 4.78 is 0. The number of carbonyl (C=O) groups is 1. The van der Waals surface area contributed by atoms with E-state index in [2.05, 4.69) is 20.3 Å². The van der Waals surface area contributed by atoms with Crippen molar-refractivity contribution in [3.05, 3.63) is 34.9 Å². The number of hydrogen-bond donors (Lipinski definition) is 3. The van der Waals surface area contributed by atoms with Crippen LogP contribution in [0.25, 0.3) is 0 Å². The largest absolute Gasteiger partial charge is 0.368 e. The molecule has 0 bridgehead atoms. The summed E-state index contributed by atoms with van der Waals surface area (Å²) in [6.07, 6.45) is 0. The van der Waals surface area contributed by atoms with Gasteiger partial charge in [-0.15, -0.1) is 0 Å². The summed E-state index contributed by atoms with van der Waals surface area (Å²) in [5.74, 6) is -0.111. The molecule has 1 atom stereocenters. The number of benzene rings is 1. The Balaban J connectivity index is 1.93. The van der Waals surface area contributed by atoms with Crippen LogP contribution in [0.5, 0.6) is 0 Å². The number of carbonyl (C=O) groups excluding carboxylic acids is 1. The number of nitrogens with one attached hydrogen (secondary N) is 1. The van der Waals surface area contributed by atoms with Gasteiger partial charge in [0.15, 0.2) is 5.16 Å². The highest BCUT2D eigenvalue weighted by Crippen LogP contribution is 2.21. The lowest BCUT2D eigenvalue weighted by Crippen LogP contribution is -2.30. The second kappa shape index (κ2) is 7.28. The molecule has 9 heteroatoms. The average molecular weight is 339 g/mol. The Bertz CT molecular complexity index is 663. The molecule has 1 aromatic carbocycles. The first-order valence-electron chi connectivity index (χ1n) is 6.40. The molecule has 1 amide bonds. The molecule has 0 saturated carbocycles. The van der Waals surface area contributed by atoms with Crippen LogP contribution in [0.4, 0.5) is 11.9 Å². The van der Waals surface area contributed by atoms with Crippen LogP contribution in [-0.2, 0) is 11.3 Å². The van der Waals surface area contributed by atoms with Gasteiger partial charge in [0.05, 0.1) is 5.25 Å². The van der Waals surface area contributed by atoms with E-state index in [9.17, 15) is 4.79 Å². The van der Waals surface area contributed by atoms with Crippen molar-refractivity contribution in [2.24, 2.45) is 0 Å². The number of nitrogens with zero attached hydrogens (tertiary/aromatic N) is 3. The highest BCUT2D eigenvalue weighted by Gasteiger charge is 2.17. The first-order valence-corrected chi connectivity index (χ1v) is 7.66. The molecule has 5 N–H and O–H groups in total. The Morgan fingerprint density at radius 3 is 2.55 bits per heavy atom. The lowest BCUT2D eigenvalue weighted by molar-refractivity contribution is -0.120. The molecular weight excluding hydrogens is 324 g/mol.